The Hall–Kier alpha value is -2.65. The third kappa shape index (κ3) is 2.01. The molecule has 0 spiro atoms. The van der Waals surface area contributed by atoms with Gasteiger partial charge in [-0.05, 0) is 23.3 Å². The summed E-state index contributed by atoms with van der Waals surface area (Å²) < 4.78 is 33.7. The number of nitrogens with zero attached hydrogens (tertiary/aromatic N) is 2. The molecule has 9 heteroatoms. The van der Waals surface area contributed by atoms with Gasteiger partial charge in [0.2, 0.25) is 5.37 Å². The van der Waals surface area contributed by atoms with Crippen molar-refractivity contribution in [1.82, 2.24) is 9.80 Å². The summed E-state index contributed by atoms with van der Waals surface area (Å²) in [5, 5.41) is -1.38. The molecule has 3 amide bonds. The van der Waals surface area contributed by atoms with E-state index in [4.69, 9.17) is 2.74 Å². The molecule has 0 bridgehead atoms. The van der Waals surface area contributed by atoms with Crippen LogP contribution in [0.2, 0.25) is 0 Å². The van der Waals surface area contributed by atoms with Gasteiger partial charge in [-0.3, -0.25) is 24.2 Å². The fourth-order valence-electron chi connectivity index (χ4n) is 3.44. The van der Waals surface area contributed by atoms with E-state index in [1.807, 2.05) is 0 Å². The number of hydrogen-bond acceptors (Lipinski definition) is 6. The van der Waals surface area contributed by atoms with Crippen LogP contribution in [-0.4, -0.2) is 68.3 Å². The maximum Gasteiger partial charge on any atom is 0.333 e. The Labute approximate surface area is 154 Å². The average Bonchev–Trinajstić information content (AvgIpc) is 2.92. The van der Waals surface area contributed by atoms with Crippen molar-refractivity contribution in [3.05, 3.63) is 47.5 Å². The predicted octanol–water partition coefficient (Wildman–Crippen LogP) is -0.320. The smallest absolute Gasteiger partial charge is 0.333 e. The van der Waals surface area contributed by atoms with Crippen molar-refractivity contribution in [2.24, 2.45) is 0 Å². The summed E-state index contributed by atoms with van der Waals surface area (Å²) in [5.74, 6) is -3.19. The van der Waals surface area contributed by atoms with Crippen LogP contribution < -0.4 is 0 Å². The van der Waals surface area contributed by atoms with Crippen molar-refractivity contribution >= 4 is 34.9 Å². The highest BCUT2D eigenvalue weighted by Gasteiger charge is 2.67. The normalized spacial score (nSPS) is 33.2. The minimum Gasteiger partial charge on any atom is -0.614 e. The van der Waals surface area contributed by atoms with Crippen LogP contribution in [0, 0.1) is 0 Å². The standard InChI is InChI=1S/C17H14N2O6S/c1-8-7-26(24)16-12(15(22)19(16)11(8)17(23)25-2)18-13(20)9-5-3-4-6-10(9)14(18)21/h3-6,11-12,16H,1,7H2,2H3/t11?,12?,16-,26?/m0/s1/i7D2. The monoisotopic (exact) mass is 376 g/mol. The third-order valence-corrected chi connectivity index (χ3v) is 6.03. The van der Waals surface area contributed by atoms with Crippen LogP contribution >= 0.6 is 0 Å². The minimum atomic E-state index is -2.52. The number of fused-ring (bicyclic) bond motifs is 2. The molecule has 2 saturated heterocycles. The van der Waals surface area contributed by atoms with E-state index in [0.717, 1.165) is 12.0 Å². The van der Waals surface area contributed by atoms with Crippen LogP contribution in [0.5, 0.6) is 0 Å². The van der Waals surface area contributed by atoms with E-state index in [0.29, 0.717) is 4.90 Å². The van der Waals surface area contributed by atoms with E-state index in [1.165, 1.54) is 12.1 Å². The lowest BCUT2D eigenvalue weighted by Gasteiger charge is -2.53. The van der Waals surface area contributed by atoms with Gasteiger partial charge in [0.25, 0.3) is 17.7 Å². The highest BCUT2D eigenvalue weighted by Crippen LogP contribution is 2.41. The van der Waals surface area contributed by atoms with Crippen molar-refractivity contribution < 1.29 is 31.2 Å². The molecule has 3 heterocycles. The molecule has 2 fully saturated rings. The molecule has 1 aromatic carbocycles. The van der Waals surface area contributed by atoms with Crippen molar-refractivity contribution in [3.63, 3.8) is 0 Å². The summed E-state index contributed by atoms with van der Waals surface area (Å²) in [4.78, 5) is 52.0. The Bertz CT molecular complexity index is 932. The fourth-order valence-corrected chi connectivity index (χ4v) is 4.84. The lowest BCUT2D eigenvalue weighted by Crippen LogP contribution is -2.79. The summed E-state index contributed by atoms with van der Waals surface area (Å²) in [6.45, 7) is 3.50. The molecule has 26 heavy (non-hydrogen) atoms. The Morgan fingerprint density at radius 1 is 1.31 bits per heavy atom. The van der Waals surface area contributed by atoms with Gasteiger partial charge in [0.05, 0.1) is 21.0 Å². The first-order valence-electron chi connectivity index (χ1n) is 8.61. The number of hydrogen-bond donors (Lipinski definition) is 0. The molecule has 4 atom stereocenters. The number of imide groups is 1. The highest BCUT2D eigenvalue weighted by atomic mass is 32.2. The van der Waals surface area contributed by atoms with Gasteiger partial charge in [0, 0.05) is 5.57 Å². The van der Waals surface area contributed by atoms with Crippen LogP contribution in [0.3, 0.4) is 0 Å². The second kappa shape index (κ2) is 5.68. The maximum atomic E-state index is 12.9. The summed E-state index contributed by atoms with van der Waals surface area (Å²) in [6, 6.07) is 3.05. The summed E-state index contributed by atoms with van der Waals surface area (Å²) in [6.07, 6.45) is 0. The number of benzene rings is 1. The van der Waals surface area contributed by atoms with Crippen molar-refractivity contribution in [2.45, 2.75) is 17.5 Å². The lowest BCUT2D eigenvalue weighted by atomic mass is 9.97. The average molecular weight is 376 g/mol. The van der Waals surface area contributed by atoms with Gasteiger partial charge >= 0.3 is 5.97 Å². The number of carbonyl (C=O) groups excluding carboxylic acids is 4. The molecule has 4 rings (SSSR count). The zero-order chi connectivity index (χ0) is 20.5. The third-order valence-electron chi connectivity index (χ3n) is 4.64. The molecule has 3 aliphatic heterocycles. The minimum absolute atomic E-state index is 0.109. The zero-order valence-corrected chi connectivity index (χ0v) is 14.3. The number of esters is 1. The second-order valence-corrected chi connectivity index (χ2v) is 7.24. The van der Waals surface area contributed by atoms with Crippen LogP contribution in [0.4, 0.5) is 0 Å². The zero-order valence-electron chi connectivity index (χ0n) is 15.5. The Morgan fingerprint density at radius 2 is 1.88 bits per heavy atom. The Kier molecular flexibility index (Phi) is 3.17. The number of ether oxygens (including phenoxy) is 1. The highest BCUT2D eigenvalue weighted by molar-refractivity contribution is 7.92. The van der Waals surface area contributed by atoms with E-state index in [1.54, 1.807) is 12.1 Å². The Morgan fingerprint density at radius 3 is 2.42 bits per heavy atom. The maximum absolute atomic E-state index is 12.9. The lowest BCUT2D eigenvalue weighted by molar-refractivity contribution is -0.164. The van der Waals surface area contributed by atoms with Crippen molar-refractivity contribution in [3.8, 4) is 0 Å². The molecule has 1 aromatic rings. The molecule has 134 valence electrons. The summed E-state index contributed by atoms with van der Waals surface area (Å²) in [7, 11) is 1.07. The molecule has 8 nitrogen and oxygen atoms in total. The van der Waals surface area contributed by atoms with Gasteiger partial charge < -0.3 is 9.29 Å². The first-order valence-corrected chi connectivity index (χ1v) is 8.82. The largest absolute Gasteiger partial charge is 0.614 e. The number of carbonyl (C=O) groups is 4. The predicted molar refractivity (Wildman–Crippen MR) is 89.3 cm³/mol. The quantitative estimate of drug-likeness (QED) is 0.230. The molecule has 0 aliphatic carbocycles. The van der Waals surface area contributed by atoms with Crippen LogP contribution in [-0.2, 0) is 25.5 Å². The number of amides is 3. The van der Waals surface area contributed by atoms with Gasteiger partial charge in [-0.1, -0.05) is 18.7 Å². The number of rotatable bonds is 2. The molecule has 0 radical (unpaired) electrons. The molecule has 0 saturated carbocycles. The van der Waals surface area contributed by atoms with E-state index in [9.17, 15) is 23.7 Å². The molecule has 0 N–H and O–H groups in total. The number of β-lactam (4-membered cyclic amide) rings is 1. The molecule has 3 unspecified atom stereocenters. The van der Waals surface area contributed by atoms with Crippen molar-refractivity contribution in [1.29, 1.82) is 0 Å². The summed E-state index contributed by atoms with van der Waals surface area (Å²) in [5.41, 5.74) is -2.67. The van der Waals surface area contributed by atoms with Gasteiger partial charge in [-0.25, -0.2) is 4.79 Å². The van der Waals surface area contributed by atoms with Gasteiger partial charge in [-0.2, -0.15) is 0 Å². The fraction of sp³-hybridized carbons (Fsp3) is 0.294. The van der Waals surface area contributed by atoms with E-state index < -0.39 is 58.0 Å². The number of methoxy groups -OCH3 is 1. The van der Waals surface area contributed by atoms with Crippen LogP contribution in [0.25, 0.3) is 0 Å². The molecular weight excluding hydrogens is 360 g/mol. The summed E-state index contributed by atoms with van der Waals surface area (Å²) >= 11 is -2.36. The molecule has 3 aliphatic rings. The topological polar surface area (TPSA) is 107 Å². The van der Waals surface area contributed by atoms with E-state index in [-0.39, 0.29) is 16.7 Å². The van der Waals surface area contributed by atoms with Crippen LogP contribution in [0.1, 0.15) is 23.5 Å². The SMILES string of the molecule is [2H]C1([2H])C(=C)C(C(=O)OC)N2C(=O)C(N3C(=O)c4ccccc4C3=O)[C@@H]2[S+]1[O-]. The van der Waals surface area contributed by atoms with Crippen LogP contribution in [0.15, 0.2) is 36.4 Å². The van der Waals surface area contributed by atoms with Gasteiger partial charge in [-0.15, -0.1) is 0 Å². The van der Waals surface area contributed by atoms with E-state index >= 15 is 0 Å². The Balaban J connectivity index is 1.76. The second-order valence-electron chi connectivity index (χ2n) is 5.96. The van der Waals surface area contributed by atoms with Gasteiger partial charge in [0.1, 0.15) is 5.70 Å². The van der Waals surface area contributed by atoms with E-state index in [2.05, 4.69) is 11.3 Å². The van der Waals surface area contributed by atoms with Gasteiger partial charge in [0.15, 0.2) is 12.1 Å². The molecule has 0 aromatic heterocycles. The first-order chi connectivity index (χ1) is 13.1. The van der Waals surface area contributed by atoms with Crippen molar-refractivity contribution in [2.75, 3.05) is 12.8 Å². The molecular formula is C17H14N2O6S. The first kappa shape index (κ1) is 14.5.